The van der Waals surface area contributed by atoms with E-state index in [4.69, 9.17) is 15.9 Å². The van der Waals surface area contributed by atoms with E-state index in [1.54, 1.807) is 0 Å². The molecule has 1 amide bonds. The van der Waals surface area contributed by atoms with Gasteiger partial charge in [-0.25, -0.2) is 0 Å². The summed E-state index contributed by atoms with van der Waals surface area (Å²) in [6, 6.07) is 0.532. The van der Waals surface area contributed by atoms with Crippen LogP contribution in [-0.4, -0.2) is 29.2 Å². The maximum Gasteiger partial charge on any atom is 0.319 e. The molecule has 1 aliphatic heterocycles. The fraction of sp³-hybridized carbons (Fsp3) is 0.667. The first-order valence-corrected chi connectivity index (χ1v) is 5.27. The lowest BCUT2D eigenvalue weighted by Gasteiger charge is -2.29. The Morgan fingerprint density at radius 1 is 1.44 bits per heavy atom. The van der Waals surface area contributed by atoms with Gasteiger partial charge in [-0.05, 0) is 18.8 Å². The van der Waals surface area contributed by atoms with Crippen LogP contribution < -0.4 is 16.4 Å². The van der Waals surface area contributed by atoms with E-state index in [0.717, 1.165) is 25.9 Å². The molecule has 2 rings (SSSR count). The quantitative estimate of drug-likeness (QED) is 0.733. The Kier molecular flexibility index (Phi) is 2.93. The lowest BCUT2D eigenvalue weighted by molar-refractivity contribution is -0.119. The fourth-order valence-electron chi connectivity index (χ4n) is 1.97. The number of rotatable bonds is 3. The largest absolute Gasteiger partial charge is 0.390 e. The Morgan fingerprint density at radius 3 is 2.62 bits per heavy atom. The summed E-state index contributed by atoms with van der Waals surface area (Å²) in [7, 11) is 0. The van der Waals surface area contributed by atoms with Gasteiger partial charge in [0.25, 0.3) is 0 Å². The highest BCUT2D eigenvalue weighted by molar-refractivity contribution is 5.74. The van der Waals surface area contributed by atoms with Crippen LogP contribution in [0.25, 0.3) is 0 Å². The molecule has 0 atom stereocenters. The fourth-order valence-corrected chi connectivity index (χ4v) is 1.97. The second kappa shape index (κ2) is 4.38. The van der Waals surface area contributed by atoms with Gasteiger partial charge in [-0.1, -0.05) is 10.2 Å². The van der Waals surface area contributed by atoms with E-state index >= 15 is 0 Å². The highest BCUT2D eigenvalue weighted by Gasteiger charge is 2.23. The summed E-state index contributed by atoms with van der Waals surface area (Å²) in [6.45, 7) is 1.58. The number of amides is 1. The number of carbonyl (C=O) groups excluding carboxylic acids is 1. The smallest absolute Gasteiger partial charge is 0.319 e. The number of carbonyl (C=O) groups is 1. The Bertz CT molecular complexity index is 370. The topological polar surface area (TPSA) is 111 Å². The molecule has 4 N–H and O–H groups in total. The number of primary amides is 1. The third-order valence-corrected chi connectivity index (χ3v) is 2.80. The first-order valence-electron chi connectivity index (χ1n) is 5.27. The minimum Gasteiger partial charge on any atom is -0.390 e. The average Bonchev–Trinajstić information content (AvgIpc) is 2.65. The molecule has 1 saturated heterocycles. The monoisotopic (exact) mass is 225 g/mol. The molecule has 2 heterocycles. The van der Waals surface area contributed by atoms with E-state index in [-0.39, 0.29) is 11.9 Å². The molecule has 1 aliphatic rings. The zero-order chi connectivity index (χ0) is 11.5. The average molecular weight is 225 g/mol. The molecule has 16 heavy (non-hydrogen) atoms. The molecular weight excluding hydrogens is 210 g/mol. The van der Waals surface area contributed by atoms with E-state index in [2.05, 4.69) is 10.2 Å². The number of nitrogens with zero attached hydrogens (tertiary/aromatic N) is 3. The summed E-state index contributed by atoms with van der Waals surface area (Å²) in [5, 5.41) is 7.42. The van der Waals surface area contributed by atoms with Crippen LogP contribution in [0.3, 0.4) is 0 Å². The van der Waals surface area contributed by atoms with Crippen molar-refractivity contribution in [3.8, 4) is 0 Å². The predicted molar refractivity (Wildman–Crippen MR) is 57.5 cm³/mol. The lowest BCUT2D eigenvalue weighted by atomic mass is 9.93. The number of anilines is 2. The summed E-state index contributed by atoms with van der Waals surface area (Å²) in [5.41, 5.74) is 10.5. The molecule has 0 spiro atoms. The van der Waals surface area contributed by atoms with E-state index in [1.165, 1.54) is 0 Å². The van der Waals surface area contributed by atoms with Gasteiger partial charge in [0.15, 0.2) is 0 Å². The maximum absolute atomic E-state index is 10.8. The van der Waals surface area contributed by atoms with Crippen molar-refractivity contribution in [3.05, 3.63) is 0 Å². The summed E-state index contributed by atoms with van der Waals surface area (Å²) in [6.07, 6.45) is 2.27. The Balaban J connectivity index is 1.87. The summed E-state index contributed by atoms with van der Waals surface area (Å²) in [4.78, 5) is 12.7. The molecule has 1 fully saturated rings. The molecule has 88 valence electrons. The molecule has 1 aromatic rings. The van der Waals surface area contributed by atoms with Crippen molar-refractivity contribution >= 4 is 17.9 Å². The number of hydrogen-bond donors (Lipinski definition) is 2. The van der Waals surface area contributed by atoms with Crippen LogP contribution in [0.2, 0.25) is 0 Å². The molecule has 7 nitrogen and oxygen atoms in total. The van der Waals surface area contributed by atoms with Crippen LogP contribution in [0.5, 0.6) is 0 Å². The normalized spacial score (nSPS) is 17.6. The van der Waals surface area contributed by atoms with Crippen molar-refractivity contribution in [2.75, 3.05) is 23.7 Å². The van der Waals surface area contributed by atoms with Gasteiger partial charge in [0.05, 0.1) is 0 Å². The standard InChI is InChI=1S/C9H15N5O2/c10-7(15)5-6-1-3-14(4-2-6)9-13-12-8(11)16-9/h6H,1-5H2,(H2,10,15)(H2,11,12). The number of piperidine rings is 1. The van der Waals surface area contributed by atoms with Crippen LogP contribution in [0, 0.1) is 5.92 Å². The molecule has 1 aromatic heterocycles. The van der Waals surface area contributed by atoms with Gasteiger partial charge in [-0.3, -0.25) is 4.79 Å². The molecular formula is C9H15N5O2. The zero-order valence-corrected chi connectivity index (χ0v) is 8.93. The maximum atomic E-state index is 10.8. The van der Waals surface area contributed by atoms with Gasteiger partial charge < -0.3 is 20.8 Å². The highest BCUT2D eigenvalue weighted by Crippen LogP contribution is 2.24. The third kappa shape index (κ3) is 2.41. The van der Waals surface area contributed by atoms with Crippen molar-refractivity contribution in [3.63, 3.8) is 0 Å². The molecule has 0 radical (unpaired) electrons. The van der Waals surface area contributed by atoms with E-state index in [9.17, 15) is 4.79 Å². The number of hydrogen-bond acceptors (Lipinski definition) is 6. The predicted octanol–water partition coefficient (Wildman–Crippen LogP) is -0.256. The van der Waals surface area contributed by atoms with Gasteiger partial charge in [-0.15, -0.1) is 0 Å². The summed E-state index contributed by atoms with van der Waals surface area (Å²) >= 11 is 0. The molecule has 0 unspecified atom stereocenters. The van der Waals surface area contributed by atoms with Crippen LogP contribution in [-0.2, 0) is 4.79 Å². The van der Waals surface area contributed by atoms with Crippen molar-refractivity contribution in [2.45, 2.75) is 19.3 Å². The van der Waals surface area contributed by atoms with E-state index in [0.29, 0.717) is 18.4 Å². The van der Waals surface area contributed by atoms with Gasteiger partial charge in [-0.2, -0.15) is 0 Å². The van der Waals surface area contributed by atoms with Crippen molar-refractivity contribution < 1.29 is 9.21 Å². The number of aromatic nitrogens is 2. The van der Waals surface area contributed by atoms with E-state index in [1.807, 2.05) is 4.90 Å². The minimum atomic E-state index is -0.236. The number of nitrogen functional groups attached to an aromatic ring is 1. The van der Waals surface area contributed by atoms with Crippen molar-refractivity contribution in [1.29, 1.82) is 0 Å². The first kappa shape index (κ1) is 10.7. The van der Waals surface area contributed by atoms with E-state index < -0.39 is 0 Å². The molecule has 0 bridgehead atoms. The third-order valence-electron chi connectivity index (χ3n) is 2.80. The van der Waals surface area contributed by atoms with Crippen LogP contribution in [0.4, 0.5) is 12.0 Å². The summed E-state index contributed by atoms with van der Waals surface area (Å²) < 4.78 is 5.13. The minimum absolute atomic E-state index is 0.0780. The Morgan fingerprint density at radius 2 is 2.12 bits per heavy atom. The molecule has 0 saturated carbocycles. The van der Waals surface area contributed by atoms with Gasteiger partial charge in [0.1, 0.15) is 0 Å². The number of nitrogens with two attached hydrogens (primary N) is 2. The summed E-state index contributed by atoms with van der Waals surface area (Å²) in [5.74, 6) is 0.134. The lowest BCUT2D eigenvalue weighted by Crippen LogP contribution is -2.35. The van der Waals surface area contributed by atoms with Crippen molar-refractivity contribution in [2.24, 2.45) is 11.7 Å². The second-order valence-corrected chi connectivity index (χ2v) is 4.02. The Labute approximate surface area is 92.8 Å². The zero-order valence-electron chi connectivity index (χ0n) is 8.93. The van der Waals surface area contributed by atoms with Gasteiger partial charge >= 0.3 is 12.0 Å². The van der Waals surface area contributed by atoms with Crippen LogP contribution in [0.1, 0.15) is 19.3 Å². The van der Waals surface area contributed by atoms with Crippen molar-refractivity contribution in [1.82, 2.24) is 10.2 Å². The second-order valence-electron chi connectivity index (χ2n) is 4.02. The molecule has 0 aliphatic carbocycles. The first-order chi connectivity index (χ1) is 7.65. The molecule has 7 heteroatoms. The van der Waals surface area contributed by atoms with Crippen LogP contribution >= 0.6 is 0 Å². The SMILES string of the molecule is NC(=O)CC1CCN(c2nnc(N)o2)CC1. The highest BCUT2D eigenvalue weighted by atomic mass is 16.4. The van der Waals surface area contributed by atoms with Gasteiger partial charge in [0, 0.05) is 19.5 Å². The molecule has 0 aromatic carbocycles. The van der Waals surface area contributed by atoms with Crippen LogP contribution in [0.15, 0.2) is 4.42 Å². The van der Waals surface area contributed by atoms with Gasteiger partial charge in [0.2, 0.25) is 5.91 Å². The Hall–Kier alpha value is -1.79.